The summed E-state index contributed by atoms with van der Waals surface area (Å²) in [4.78, 5) is -0.144. The van der Waals surface area contributed by atoms with Crippen LogP contribution >= 0.6 is 11.6 Å². The van der Waals surface area contributed by atoms with Crippen LogP contribution in [-0.2, 0) is 10.0 Å². The van der Waals surface area contributed by atoms with Crippen LogP contribution in [0, 0.1) is 0 Å². The summed E-state index contributed by atoms with van der Waals surface area (Å²) in [7, 11) is -3.77. The molecule has 66 valence electrons. The van der Waals surface area contributed by atoms with Gasteiger partial charge in [0.1, 0.15) is 4.90 Å². The zero-order chi connectivity index (χ0) is 9.35. The molecule has 4 N–H and O–H groups in total. The first-order chi connectivity index (χ1) is 5.41. The molecule has 0 radical (unpaired) electrons. The number of anilines is 1. The Morgan fingerprint density at radius 2 is 1.85 bits per heavy atom. The average molecular weight is 230 g/mol. The van der Waals surface area contributed by atoms with Crippen molar-refractivity contribution in [2.45, 2.75) is 4.90 Å². The number of benzene rings is 1. The molecule has 0 aliphatic heterocycles. The van der Waals surface area contributed by atoms with Gasteiger partial charge in [0, 0.05) is 5.02 Å². The summed E-state index contributed by atoms with van der Waals surface area (Å²) >= 11 is 5.55. The summed E-state index contributed by atoms with van der Waals surface area (Å²) in [6.07, 6.45) is 0. The molecule has 1 aromatic rings. The molecule has 0 aromatic heterocycles. The van der Waals surface area contributed by atoms with Gasteiger partial charge in [0.05, 0.1) is 5.69 Å². The SMILES string of the molecule is Nc1ccc(Cl)cc1S(N)(=O)=O.[Na+]. The van der Waals surface area contributed by atoms with Gasteiger partial charge in [0.2, 0.25) is 10.0 Å². The van der Waals surface area contributed by atoms with E-state index in [0.717, 1.165) is 0 Å². The maximum absolute atomic E-state index is 10.8. The molecule has 0 saturated heterocycles. The van der Waals surface area contributed by atoms with E-state index in [9.17, 15) is 8.42 Å². The Labute approximate surface area is 104 Å². The minimum absolute atomic E-state index is 0. The van der Waals surface area contributed by atoms with Gasteiger partial charge in [-0.2, -0.15) is 0 Å². The molecular formula is C6H7ClN2NaO2S+. The Morgan fingerprint density at radius 1 is 1.31 bits per heavy atom. The zero-order valence-electron chi connectivity index (χ0n) is 6.99. The van der Waals surface area contributed by atoms with E-state index >= 15 is 0 Å². The van der Waals surface area contributed by atoms with E-state index < -0.39 is 10.0 Å². The zero-order valence-corrected chi connectivity index (χ0v) is 10.6. The molecule has 1 rings (SSSR count). The minimum atomic E-state index is -3.77. The van der Waals surface area contributed by atoms with Crippen molar-refractivity contribution in [1.82, 2.24) is 0 Å². The molecule has 0 saturated carbocycles. The Balaban J connectivity index is 0.00000144. The average Bonchev–Trinajstić information content (AvgIpc) is 1.92. The van der Waals surface area contributed by atoms with Gasteiger partial charge in [-0.05, 0) is 18.2 Å². The summed E-state index contributed by atoms with van der Waals surface area (Å²) in [6.45, 7) is 0. The predicted molar refractivity (Wildman–Crippen MR) is 47.2 cm³/mol. The fourth-order valence-electron chi connectivity index (χ4n) is 0.755. The minimum Gasteiger partial charge on any atom is -0.398 e. The Kier molecular flexibility index (Phi) is 4.71. The van der Waals surface area contributed by atoms with Crippen LogP contribution in [0.3, 0.4) is 0 Å². The van der Waals surface area contributed by atoms with Crippen molar-refractivity contribution < 1.29 is 38.0 Å². The van der Waals surface area contributed by atoms with Gasteiger partial charge < -0.3 is 5.73 Å². The van der Waals surface area contributed by atoms with Crippen LogP contribution in [0.5, 0.6) is 0 Å². The maximum atomic E-state index is 10.8. The van der Waals surface area contributed by atoms with Crippen molar-refractivity contribution in [3.63, 3.8) is 0 Å². The van der Waals surface area contributed by atoms with Crippen LogP contribution in [-0.4, -0.2) is 8.42 Å². The molecule has 13 heavy (non-hydrogen) atoms. The van der Waals surface area contributed by atoms with Crippen molar-refractivity contribution in [3.8, 4) is 0 Å². The Bertz CT molecular complexity index is 407. The predicted octanol–water partition coefficient (Wildman–Crippen LogP) is -2.43. The third-order valence-corrected chi connectivity index (χ3v) is 2.48. The largest absolute Gasteiger partial charge is 1.00 e. The number of nitrogen functional groups attached to an aromatic ring is 1. The van der Waals surface area contributed by atoms with E-state index in [4.69, 9.17) is 22.5 Å². The summed E-state index contributed by atoms with van der Waals surface area (Å²) in [6, 6.07) is 4.10. The molecule has 0 fully saturated rings. The van der Waals surface area contributed by atoms with E-state index in [2.05, 4.69) is 0 Å². The summed E-state index contributed by atoms with van der Waals surface area (Å²) < 4.78 is 21.7. The van der Waals surface area contributed by atoms with Crippen molar-refractivity contribution in [1.29, 1.82) is 0 Å². The van der Waals surface area contributed by atoms with Crippen LogP contribution in [0.15, 0.2) is 23.1 Å². The molecule has 7 heteroatoms. The van der Waals surface area contributed by atoms with Crippen molar-refractivity contribution in [2.75, 3.05) is 5.73 Å². The number of hydrogen-bond acceptors (Lipinski definition) is 3. The molecular weight excluding hydrogens is 223 g/mol. The second-order valence-electron chi connectivity index (χ2n) is 2.23. The van der Waals surface area contributed by atoms with Crippen LogP contribution in [0.25, 0.3) is 0 Å². The van der Waals surface area contributed by atoms with E-state index in [1.165, 1.54) is 18.2 Å². The number of halogens is 1. The van der Waals surface area contributed by atoms with Gasteiger partial charge in [-0.1, -0.05) is 11.6 Å². The van der Waals surface area contributed by atoms with Gasteiger partial charge in [-0.25, -0.2) is 13.6 Å². The van der Waals surface area contributed by atoms with E-state index in [1.807, 2.05) is 0 Å². The fourth-order valence-corrected chi connectivity index (χ4v) is 1.68. The first kappa shape index (κ1) is 13.2. The number of primary sulfonamides is 1. The van der Waals surface area contributed by atoms with Crippen LogP contribution < -0.4 is 40.4 Å². The second kappa shape index (κ2) is 4.63. The molecule has 0 unspecified atom stereocenters. The van der Waals surface area contributed by atoms with Crippen molar-refractivity contribution in [2.24, 2.45) is 5.14 Å². The van der Waals surface area contributed by atoms with Gasteiger partial charge in [0.25, 0.3) is 0 Å². The molecule has 0 amide bonds. The monoisotopic (exact) mass is 229 g/mol. The summed E-state index contributed by atoms with van der Waals surface area (Å²) in [5.41, 5.74) is 5.46. The number of rotatable bonds is 1. The van der Waals surface area contributed by atoms with Gasteiger partial charge in [-0.3, -0.25) is 0 Å². The number of sulfonamides is 1. The topological polar surface area (TPSA) is 86.2 Å². The first-order valence-corrected chi connectivity index (χ1v) is 4.91. The molecule has 0 aliphatic rings. The molecule has 1 aromatic carbocycles. The van der Waals surface area contributed by atoms with Gasteiger partial charge in [0.15, 0.2) is 0 Å². The normalized spacial score (nSPS) is 10.6. The third kappa shape index (κ3) is 3.46. The Morgan fingerprint density at radius 3 is 2.23 bits per heavy atom. The second-order valence-corrected chi connectivity index (χ2v) is 4.19. The summed E-state index contributed by atoms with van der Waals surface area (Å²) in [5.74, 6) is 0. The van der Waals surface area contributed by atoms with E-state index in [0.29, 0.717) is 0 Å². The van der Waals surface area contributed by atoms with Crippen LogP contribution in [0.2, 0.25) is 5.02 Å². The third-order valence-electron chi connectivity index (χ3n) is 1.28. The van der Waals surface area contributed by atoms with Crippen molar-refractivity contribution in [3.05, 3.63) is 23.2 Å². The maximum Gasteiger partial charge on any atom is 1.00 e. The molecule has 4 nitrogen and oxygen atoms in total. The van der Waals surface area contributed by atoms with Crippen LogP contribution in [0.4, 0.5) is 5.69 Å². The van der Waals surface area contributed by atoms with Crippen molar-refractivity contribution >= 4 is 27.3 Å². The smallest absolute Gasteiger partial charge is 0.398 e. The molecule has 0 bridgehead atoms. The standard InChI is InChI=1S/C6H7ClN2O2S.Na/c7-4-1-2-5(8)6(3-4)12(9,10)11;/h1-3H,8H2,(H2,9,10,11);/q;+1. The van der Waals surface area contributed by atoms with Gasteiger partial charge in [-0.15, -0.1) is 0 Å². The Hall–Kier alpha value is 0.220. The fraction of sp³-hybridized carbons (Fsp3) is 0. The van der Waals surface area contributed by atoms with E-state index in [-0.39, 0.29) is 45.2 Å². The number of hydrogen-bond donors (Lipinski definition) is 2. The van der Waals surface area contributed by atoms with Gasteiger partial charge >= 0.3 is 29.6 Å². The van der Waals surface area contributed by atoms with E-state index in [1.54, 1.807) is 0 Å². The summed E-state index contributed by atoms with van der Waals surface area (Å²) in [5, 5.41) is 5.15. The molecule has 0 heterocycles. The molecule has 0 aliphatic carbocycles. The number of nitrogens with two attached hydrogens (primary N) is 2. The molecule has 0 atom stereocenters. The quantitative estimate of drug-likeness (QED) is 0.415. The van der Waals surface area contributed by atoms with Crippen LogP contribution in [0.1, 0.15) is 0 Å². The first-order valence-electron chi connectivity index (χ1n) is 2.99. The molecule has 0 spiro atoms.